The highest BCUT2D eigenvalue weighted by Gasteiger charge is 2.31. The van der Waals surface area contributed by atoms with Gasteiger partial charge in [0.15, 0.2) is 0 Å². The zero-order valence-corrected chi connectivity index (χ0v) is 11.9. The van der Waals surface area contributed by atoms with Gasteiger partial charge in [-0.2, -0.15) is 0 Å². The summed E-state index contributed by atoms with van der Waals surface area (Å²) in [6, 6.07) is 8.08. The minimum absolute atomic E-state index is 0.00620. The van der Waals surface area contributed by atoms with Crippen molar-refractivity contribution in [3.05, 3.63) is 29.8 Å². The maximum Gasteiger partial charge on any atom is 0.231 e. The van der Waals surface area contributed by atoms with Gasteiger partial charge in [0.05, 0.1) is 5.92 Å². The fourth-order valence-electron chi connectivity index (χ4n) is 2.98. The predicted molar refractivity (Wildman–Crippen MR) is 79.1 cm³/mol. The average Bonchev–Trinajstić information content (AvgIpc) is 2.42. The number of carbonyl (C=O) groups excluding carboxylic acids is 1. The fraction of sp³-hybridized carbons (Fsp3) is 0.562. The summed E-state index contributed by atoms with van der Waals surface area (Å²) in [5, 5.41) is 0. The van der Waals surface area contributed by atoms with E-state index >= 15 is 0 Å². The van der Waals surface area contributed by atoms with Gasteiger partial charge < -0.3 is 10.6 Å². The molecule has 2 N–H and O–H groups in total. The summed E-state index contributed by atoms with van der Waals surface area (Å²) in [6.07, 6.45) is 4.18. The van der Waals surface area contributed by atoms with Crippen molar-refractivity contribution in [1.82, 2.24) is 0 Å². The highest BCUT2D eigenvalue weighted by atomic mass is 16.2. The topological polar surface area (TPSA) is 46.3 Å². The molecule has 1 aliphatic rings. The summed E-state index contributed by atoms with van der Waals surface area (Å²) in [5.41, 5.74) is 8.30. The van der Waals surface area contributed by atoms with E-state index in [0.717, 1.165) is 36.9 Å². The molecule has 0 spiro atoms. The Kier molecular flexibility index (Phi) is 4.59. The lowest BCUT2D eigenvalue weighted by Crippen LogP contribution is -2.46. The second kappa shape index (κ2) is 6.20. The van der Waals surface area contributed by atoms with Gasteiger partial charge in [-0.25, -0.2) is 0 Å². The van der Waals surface area contributed by atoms with E-state index in [1.807, 2.05) is 43.0 Å². The first-order chi connectivity index (χ1) is 9.15. The van der Waals surface area contributed by atoms with Gasteiger partial charge in [0.1, 0.15) is 0 Å². The highest BCUT2D eigenvalue weighted by molar-refractivity contribution is 5.96. The van der Waals surface area contributed by atoms with E-state index in [-0.39, 0.29) is 17.9 Å². The van der Waals surface area contributed by atoms with E-state index in [1.165, 1.54) is 0 Å². The van der Waals surface area contributed by atoms with Gasteiger partial charge in [0, 0.05) is 18.3 Å². The first-order valence-electron chi connectivity index (χ1n) is 7.27. The maximum absolute atomic E-state index is 12.7. The smallest absolute Gasteiger partial charge is 0.231 e. The second-order valence-electron chi connectivity index (χ2n) is 5.42. The molecule has 0 heterocycles. The number of para-hydroxylation sites is 1. The van der Waals surface area contributed by atoms with Gasteiger partial charge in [-0.05, 0) is 38.3 Å². The number of benzene rings is 1. The quantitative estimate of drug-likeness (QED) is 0.908. The molecule has 1 fully saturated rings. The Balaban J connectivity index is 2.22. The molecule has 1 amide bonds. The number of rotatable bonds is 3. The lowest BCUT2D eigenvalue weighted by atomic mass is 9.84. The van der Waals surface area contributed by atoms with Crippen molar-refractivity contribution >= 4 is 11.6 Å². The van der Waals surface area contributed by atoms with Crippen LogP contribution in [0.25, 0.3) is 0 Å². The highest BCUT2D eigenvalue weighted by Crippen LogP contribution is 2.28. The third kappa shape index (κ3) is 2.98. The number of aryl methyl sites for hydroxylation is 1. The third-order valence-electron chi connectivity index (χ3n) is 4.13. The van der Waals surface area contributed by atoms with E-state index in [2.05, 4.69) is 0 Å². The van der Waals surface area contributed by atoms with Crippen LogP contribution in [-0.2, 0) is 4.79 Å². The van der Waals surface area contributed by atoms with Gasteiger partial charge in [-0.3, -0.25) is 4.79 Å². The molecule has 3 heteroatoms. The van der Waals surface area contributed by atoms with Crippen LogP contribution >= 0.6 is 0 Å². The molecule has 2 atom stereocenters. The van der Waals surface area contributed by atoms with Crippen molar-refractivity contribution in [2.45, 2.75) is 45.6 Å². The number of hydrogen-bond donors (Lipinski definition) is 1. The van der Waals surface area contributed by atoms with Crippen LogP contribution in [0.15, 0.2) is 24.3 Å². The van der Waals surface area contributed by atoms with Crippen molar-refractivity contribution in [2.24, 2.45) is 11.7 Å². The molecule has 1 saturated carbocycles. The first kappa shape index (κ1) is 14.1. The van der Waals surface area contributed by atoms with Crippen LogP contribution in [-0.4, -0.2) is 18.5 Å². The Hall–Kier alpha value is -1.35. The molecule has 2 unspecified atom stereocenters. The summed E-state index contributed by atoms with van der Waals surface area (Å²) in [4.78, 5) is 14.6. The lowest BCUT2D eigenvalue weighted by Gasteiger charge is -2.33. The summed E-state index contributed by atoms with van der Waals surface area (Å²) in [7, 11) is 0. The predicted octanol–water partition coefficient (Wildman–Crippen LogP) is 2.87. The number of nitrogens with two attached hydrogens (primary N) is 1. The van der Waals surface area contributed by atoms with Crippen LogP contribution in [0.2, 0.25) is 0 Å². The van der Waals surface area contributed by atoms with E-state index < -0.39 is 0 Å². The Labute approximate surface area is 115 Å². The average molecular weight is 260 g/mol. The molecule has 1 aromatic carbocycles. The van der Waals surface area contributed by atoms with Crippen molar-refractivity contribution in [1.29, 1.82) is 0 Å². The van der Waals surface area contributed by atoms with Gasteiger partial charge in [0.25, 0.3) is 0 Å². The number of anilines is 1. The summed E-state index contributed by atoms with van der Waals surface area (Å²) < 4.78 is 0. The molecule has 104 valence electrons. The zero-order chi connectivity index (χ0) is 13.8. The molecule has 1 aliphatic carbocycles. The molecule has 2 rings (SSSR count). The van der Waals surface area contributed by atoms with E-state index in [1.54, 1.807) is 0 Å². The molecule has 0 bridgehead atoms. The van der Waals surface area contributed by atoms with Crippen LogP contribution in [0.4, 0.5) is 5.69 Å². The number of carbonyl (C=O) groups is 1. The van der Waals surface area contributed by atoms with Gasteiger partial charge in [0.2, 0.25) is 5.91 Å². The number of amides is 1. The molecule has 0 saturated heterocycles. The lowest BCUT2D eigenvalue weighted by molar-refractivity contribution is -0.123. The SMILES string of the molecule is CCN(C(=O)C1CCCCC1N)c1ccccc1C. The maximum atomic E-state index is 12.7. The normalized spacial score (nSPS) is 23.1. The molecule has 0 radical (unpaired) electrons. The zero-order valence-electron chi connectivity index (χ0n) is 11.9. The Morgan fingerprint density at radius 3 is 2.63 bits per heavy atom. The molecule has 19 heavy (non-hydrogen) atoms. The van der Waals surface area contributed by atoms with Crippen LogP contribution in [0.5, 0.6) is 0 Å². The molecule has 1 aromatic rings. The molecular formula is C16H24N2O. The van der Waals surface area contributed by atoms with Crippen LogP contribution in [0.3, 0.4) is 0 Å². The first-order valence-corrected chi connectivity index (χ1v) is 7.27. The Bertz CT molecular complexity index is 444. The van der Waals surface area contributed by atoms with Crippen molar-refractivity contribution < 1.29 is 4.79 Å². The van der Waals surface area contributed by atoms with Gasteiger partial charge >= 0.3 is 0 Å². The van der Waals surface area contributed by atoms with Crippen LogP contribution < -0.4 is 10.6 Å². The van der Waals surface area contributed by atoms with E-state index in [0.29, 0.717) is 6.54 Å². The van der Waals surface area contributed by atoms with Crippen molar-refractivity contribution in [2.75, 3.05) is 11.4 Å². The summed E-state index contributed by atoms with van der Waals surface area (Å²) in [6.45, 7) is 4.78. The molecule has 0 aromatic heterocycles. The monoisotopic (exact) mass is 260 g/mol. The molecule has 3 nitrogen and oxygen atoms in total. The minimum Gasteiger partial charge on any atom is -0.327 e. The summed E-state index contributed by atoms with van der Waals surface area (Å²) in [5.74, 6) is 0.192. The Morgan fingerprint density at radius 2 is 2.00 bits per heavy atom. The Morgan fingerprint density at radius 1 is 1.32 bits per heavy atom. The standard InChI is InChI=1S/C16H24N2O/c1-3-18(15-11-7-4-8-12(15)2)16(19)13-9-5-6-10-14(13)17/h4,7-8,11,13-14H,3,5-6,9-10,17H2,1-2H3. The third-order valence-corrected chi connectivity index (χ3v) is 4.13. The second-order valence-corrected chi connectivity index (χ2v) is 5.42. The van der Waals surface area contributed by atoms with Gasteiger partial charge in [-0.1, -0.05) is 31.0 Å². The largest absolute Gasteiger partial charge is 0.327 e. The van der Waals surface area contributed by atoms with Gasteiger partial charge in [-0.15, -0.1) is 0 Å². The molecular weight excluding hydrogens is 236 g/mol. The minimum atomic E-state index is -0.00620. The van der Waals surface area contributed by atoms with Crippen LogP contribution in [0.1, 0.15) is 38.2 Å². The van der Waals surface area contributed by atoms with E-state index in [9.17, 15) is 4.79 Å². The van der Waals surface area contributed by atoms with Crippen molar-refractivity contribution in [3.8, 4) is 0 Å². The fourth-order valence-corrected chi connectivity index (χ4v) is 2.98. The number of nitrogens with zero attached hydrogens (tertiary/aromatic N) is 1. The van der Waals surface area contributed by atoms with Crippen LogP contribution in [0, 0.1) is 12.8 Å². The number of hydrogen-bond acceptors (Lipinski definition) is 2. The van der Waals surface area contributed by atoms with Crippen molar-refractivity contribution in [3.63, 3.8) is 0 Å². The summed E-state index contributed by atoms with van der Waals surface area (Å²) >= 11 is 0. The van der Waals surface area contributed by atoms with E-state index in [4.69, 9.17) is 5.73 Å². The molecule has 0 aliphatic heterocycles.